The second-order valence-corrected chi connectivity index (χ2v) is 5.44. The average molecular weight is 341 g/mol. The van der Waals surface area contributed by atoms with Crippen LogP contribution in [0.5, 0.6) is 0 Å². The van der Waals surface area contributed by atoms with Crippen molar-refractivity contribution in [1.29, 1.82) is 0 Å². The highest BCUT2D eigenvalue weighted by atomic mass is 19.4. The van der Waals surface area contributed by atoms with Crippen molar-refractivity contribution in [3.05, 3.63) is 90.0 Å². The predicted molar refractivity (Wildman–Crippen MR) is 91.3 cm³/mol. The molecule has 1 N–H and O–H groups in total. The minimum atomic E-state index is -4.58. The van der Waals surface area contributed by atoms with Crippen LogP contribution in [0, 0.1) is 0 Å². The average Bonchev–Trinajstić information content (AvgIpc) is 2.62. The van der Waals surface area contributed by atoms with Crippen molar-refractivity contribution in [3.8, 4) is 11.1 Å². The van der Waals surface area contributed by atoms with Gasteiger partial charge in [0.05, 0.1) is 11.1 Å². The maximum absolute atomic E-state index is 13.1. The lowest BCUT2D eigenvalue weighted by Gasteiger charge is -2.13. The number of hydrogen-bond acceptors (Lipinski definition) is 1. The molecule has 0 spiro atoms. The summed E-state index contributed by atoms with van der Waals surface area (Å²) in [6.07, 6.45) is -4.58. The zero-order chi connectivity index (χ0) is 17.9. The Kier molecular flexibility index (Phi) is 4.57. The first-order valence-corrected chi connectivity index (χ1v) is 7.58. The molecule has 126 valence electrons. The summed E-state index contributed by atoms with van der Waals surface area (Å²) >= 11 is 0. The van der Waals surface area contributed by atoms with Gasteiger partial charge in [0, 0.05) is 5.69 Å². The fraction of sp³-hybridized carbons (Fsp3) is 0.0500. The number of carbonyl (C=O) groups excluding carboxylic acids is 1. The van der Waals surface area contributed by atoms with Gasteiger partial charge in [-0.05, 0) is 35.4 Å². The van der Waals surface area contributed by atoms with Gasteiger partial charge in [-0.25, -0.2) is 0 Å². The van der Waals surface area contributed by atoms with Gasteiger partial charge in [0.1, 0.15) is 0 Å². The van der Waals surface area contributed by atoms with Crippen molar-refractivity contribution in [3.63, 3.8) is 0 Å². The fourth-order valence-corrected chi connectivity index (χ4v) is 2.53. The van der Waals surface area contributed by atoms with E-state index in [1.54, 1.807) is 18.2 Å². The highest BCUT2D eigenvalue weighted by Gasteiger charge is 2.34. The summed E-state index contributed by atoms with van der Waals surface area (Å²) in [4.78, 5) is 12.3. The van der Waals surface area contributed by atoms with Gasteiger partial charge in [-0.3, -0.25) is 4.79 Å². The summed E-state index contributed by atoms with van der Waals surface area (Å²) in [6, 6.07) is 21.2. The van der Waals surface area contributed by atoms with Gasteiger partial charge in [-0.2, -0.15) is 13.2 Å². The smallest absolute Gasteiger partial charge is 0.322 e. The molecule has 2 nitrogen and oxygen atoms in total. The monoisotopic (exact) mass is 341 g/mol. The molecule has 3 aromatic rings. The quantitative estimate of drug-likeness (QED) is 0.658. The molecule has 0 saturated heterocycles. The molecule has 0 fully saturated rings. The number of benzene rings is 3. The van der Waals surface area contributed by atoms with E-state index in [0.717, 1.165) is 17.2 Å². The van der Waals surface area contributed by atoms with Gasteiger partial charge >= 0.3 is 6.18 Å². The van der Waals surface area contributed by atoms with Gasteiger partial charge in [0.2, 0.25) is 0 Å². The molecular formula is C20H14F3NO. The summed E-state index contributed by atoms with van der Waals surface area (Å²) in [5, 5.41) is 2.54. The Morgan fingerprint density at radius 1 is 0.760 bits per heavy atom. The summed E-state index contributed by atoms with van der Waals surface area (Å²) in [6.45, 7) is 0. The minimum absolute atomic E-state index is 0.403. The standard InChI is InChI=1S/C20H14F3NO/c21-20(22,23)18-12-5-4-11-17(18)19(25)24-16-10-6-9-15(13-16)14-7-2-1-3-8-14/h1-13H,(H,24,25). The molecule has 0 aliphatic rings. The summed E-state index contributed by atoms with van der Waals surface area (Å²) in [5.41, 5.74) is 0.895. The van der Waals surface area contributed by atoms with Crippen molar-refractivity contribution >= 4 is 11.6 Å². The molecule has 0 aliphatic heterocycles. The van der Waals surface area contributed by atoms with Gasteiger partial charge in [-0.15, -0.1) is 0 Å². The number of alkyl halides is 3. The number of halogens is 3. The third kappa shape index (κ3) is 3.88. The second-order valence-electron chi connectivity index (χ2n) is 5.44. The number of nitrogens with one attached hydrogen (secondary N) is 1. The summed E-state index contributed by atoms with van der Waals surface area (Å²) < 4.78 is 39.2. The highest BCUT2D eigenvalue weighted by Crippen LogP contribution is 2.32. The van der Waals surface area contributed by atoms with Crippen LogP contribution in [0.4, 0.5) is 18.9 Å². The van der Waals surface area contributed by atoms with Crippen LogP contribution in [0.2, 0.25) is 0 Å². The lowest BCUT2D eigenvalue weighted by atomic mass is 10.0. The van der Waals surface area contributed by atoms with Crippen molar-refractivity contribution in [2.45, 2.75) is 6.18 Å². The van der Waals surface area contributed by atoms with Gasteiger partial charge in [-0.1, -0.05) is 54.6 Å². The Balaban J connectivity index is 1.88. The van der Waals surface area contributed by atoms with E-state index >= 15 is 0 Å². The lowest BCUT2D eigenvalue weighted by molar-refractivity contribution is -0.137. The first-order valence-electron chi connectivity index (χ1n) is 7.58. The molecule has 25 heavy (non-hydrogen) atoms. The predicted octanol–water partition coefficient (Wildman–Crippen LogP) is 5.62. The van der Waals surface area contributed by atoms with E-state index < -0.39 is 23.2 Å². The number of hydrogen-bond donors (Lipinski definition) is 1. The SMILES string of the molecule is O=C(Nc1cccc(-c2ccccc2)c1)c1ccccc1C(F)(F)F. The normalized spacial score (nSPS) is 11.2. The molecule has 3 rings (SSSR count). The molecule has 0 heterocycles. The van der Waals surface area contributed by atoms with E-state index in [2.05, 4.69) is 5.32 Å². The molecule has 0 saturated carbocycles. The van der Waals surface area contributed by atoms with E-state index in [9.17, 15) is 18.0 Å². The van der Waals surface area contributed by atoms with Crippen LogP contribution in [0.3, 0.4) is 0 Å². The van der Waals surface area contributed by atoms with Gasteiger partial charge < -0.3 is 5.32 Å². The van der Waals surface area contributed by atoms with Crippen molar-refractivity contribution in [2.75, 3.05) is 5.32 Å². The number of rotatable bonds is 3. The van der Waals surface area contributed by atoms with Crippen LogP contribution in [0.1, 0.15) is 15.9 Å². The Bertz CT molecular complexity index is 889. The Morgan fingerprint density at radius 2 is 1.40 bits per heavy atom. The third-order valence-electron chi connectivity index (χ3n) is 3.70. The van der Waals surface area contributed by atoms with Gasteiger partial charge in [0.25, 0.3) is 5.91 Å². The maximum Gasteiger partial charge on any atom is 0.417 e. The zero-order valence-corrected chi connectivity index (χ0v) is 13.0. The second kappa shape index (κ2) is 6.81. The van der Waals surface area contributed by atoms with Crippen molar-refractivity contribution < 1.29 is 18.0 Å². The topological polar surface area (TPSA) is 29.1 Å². The van der Waals surface area contributed by atoms with E-state index in [1.165, 1.54) is 18.2 Å². The zero-order valence-electron chi connectivity index (χ0n) is 13.0. The molecule has 3 aromatic carbocycles. The first-order chi connectivity index (χ1) is 11.9. The van der Waals surface area contributed by atoms with E-state index in [1.807, 2.05) is 36.4 Å². The molecule has 0 unspecified atom stereocenters. The molecule has 0 aromatic heterocycles. The van der Waals surface area contributed by atoms with Crippen molar-refractivity contribution in [1.82, 2.24) is 0 Å². The van der Waals surface area contributed by atoms with Crippen LogP contribution in [0.15, 0.2) is 78.9 Å². The molecule has 5 heteroatoms. The van der Waals surface area contributed by atoms with Crippen LogP contribution in [-0.4, -0.2) is 5.91 Å². The summed E-state index contributed by atoms with van der Waals surface area (Å²) in [7, 11) is 0. The molecular weight excluding hydrogens is 327 g/mol. The van der Waals surface area contributed by atoms with Crippen LogP contribution in [0.25, 0.3) is 11.1 Å². The highest BCUT2D eigenvalue weighted by molar-refractivity contribution is 6.05. The number of carbonyl (C=O) groups is 1. The molecule has 1 amide bonds. The first kappa shape index (κ1) is 16.8. The maximum atomic E-state index is 13.1. The fourth-order valence-electron chi connectivity index (χ4n) is 2.53. The minimum Gasteiger partial charge on any atom is -0.322 e. The van der Waals surface area contributed by atoms with Crippen molar-refractivity contribution in [2.24, 2.45) is 0 Å². The lowest BCUT2D eigenvalue weighted by Crippen LogP contribution is -2.18. The number of anilines is 1. The summed E-state index contributed by atoms with van der Waals surface area (Å²) in [5.74, 6) is -0.793. The third-order valence-corrected chi connectivity index (χ3v) is 3.70. The van der Waals surface area contributed by atoms with Gasteiger partial charge in [0.15, 0.2) is 0 Å². The van der Waals surface area contributed by atoms with E-state index in [0.29, 0.717) is 5.69 Å². The largest absolute Gasteiger partial charge is 0.417 e. The Morgan fingerprint density at radius 3 is 2.12 bits per heavy atom. The Hall–Kier alpha value is -3.08. The van der Waals surface area contributed by atoms with Crippen LogP contribution >= 0.6 is 0 Å². The molecule has 0 bridgehead atoms. The number of amides is 1. The molecule has 0 atom stereocenters. The van der Waals surface area contributed by atoms with Crippen LogP contribution < -0.4 is 5.32 Å². The Labute approximate surface area is 142 Å². The van der Waals surface area contributed by atoms with E-state index in [-0.39, 0.29) is 0 Å². The molecule has 0 aliphatic carbocycles. The van der Waals surface area contributed by atoms with E-state index in [4.69, 9.17) is 0 Å². The molecule has 0 radical (unpaired) electrons. The van der Waals surface area contributed by atoms with Crippen LogP contribution in [-0.2, 0) is 6.18 Å².